The van der Waals surface area contributed by atoms with Crippen LogP contribution in [-0.4, -0.2) is 70.7 Å². The Morgan fingerprint density at radius 3 is 2.88 bits per heavy atom. The SMILES string of the molecule is COCCCNc1nc2c(C)cccn2c(=O)c1C=C1SC(=S)N(C2CCS(=O)(=O)C2)C1=O. The fourth-order valence-electron chi connectivity index (χ4n) is 3.90. The number of hydrogen-bond donors (Lipinski definition) is 1. The minimum Gasteiger partial charge on any atom is -0.385 e. The highest BCUT2D eigenvalue weighted by atomic mass is 32.2. The van der Waals surface area contributed by atoms with Crippen molar-refractivity contribution in [2.75, 3.05) is 37.1 Å². The summed E-state index contributed by atoms with van der Waals surface area (Å²) in [4.78, 5) is 32.8. The molecule has 9 nitrogen and oxygen atoms in total. The van der Waals surface area contributed by atoms with Gasteiger partial charge in [0.25, 0.3) is 11.5 Å². The number of fused-ring (bicyclic) bond motifs is 1. The number of thiocarbonyl (C=S) groups is 1. The largest absolute Gasteiger partial charge is 0.385 e. The van der Waals surface area contributed by atoms with E-state index >= 15 is 0 Å². The van der Waals surface area contributed by atoms with Crippen LogP contribution in [0.15, 0.2) is 28.0 Å². The fourth-order valence-corrected chi connectivity index (χ4v) is 6.99. The molecular formula is C21H24N4O5S3. The average molecular weight is 509 g/mol. The Hall–Kier alpha value is -2.28. The van der Waals surface area contributed by atoms with Gasteiger partial charge in [-0.1, -0.05) is 30.0 Å². The number of pyridine rings is 1. The molecule has 1 N–H and O–H groups in total. The molecule has 12 heteroatoms. The van der Waals surface area contributed by atoms with Crippen molar-refractivity contribution in [1.82, 2.24) is 14.3 Å². The zero-order valence-electron chi connectivity index (χ0n) is 18.2. The number of ether oxygens (including phenoxy) is 1. The number of rotatable bonds is 7. The Balaban J connectivity index is 1.73. The van der Waals surface area contributed by atoms with E-state index in [-0.39, 0.29) is 33.4 Å². The van der Waals surface area contributed by atoms with Crippen LogP contribution in [0.4, 0.5) is 5.82 Å². The summed E-state index contributed by atoms with van der Waals surface area (Å²) in [7, 11) is -1.56. The molecule has 176 valence electrons. The van der Waals surface area contributed by atoms with Crippen molar-refractivity contribution in [2.24, 2.45) is 0 Å². The smallest absolute Gasteiger partial charge is 0.267 e. The molecule has 2 aromatic heterocycles. The van der Waals surface area contributed by atoms with Crippen LogP contribution >= 0.6 is 24.0 Å². The summed E-state index contributed by atoms with van der Waals surface area (Å²) in [5, 5.41) is 3.19. The molecule has 0 aromatic carbocycles. The van der Waals surface area contributed by atoms with E-state index in [4.69, 9.17) is 17.0 Å². The number of carbonyl (C=O) groups excluding carboxylic acids is 1. The van der Waals surface area contributed by atoms with Crippen LogP contribution in [0.25, 0.3) is 11.7 Å². The molecule has 4 heterocycles. The summed E-state index contributed by atoms with van der Waals surface area (Å²) >= 11 is 6.46. The highest BCUT2D eigenvalue weighted by molar-refractivity contribution is 8.26. The number of hydrogen-bond acceptors (Lipinski definition) is 9. The number of anilines is 1. The molecule has 1 atom stereocenters. The second kappa shape index (κ2) is 9.53. The first-order chi connectivity index (χ1) is 15.7. The summed E-state index contributed by atoms with van der Waals surface area (Å²) in [5.41, 5.74) is 1.30. The van der Waals surface area contributed by atoms with E-state index in [1.54, 1.807) is 19.4 Å². The molecule has 0 aliphatic carbocycles. The quantitative estimate of drug-likeness (QED) is 0.340. The maximum Gasteiger partial charge on any atom is 0.267 e. The van der Waals surface area contributed by atoms with Crippen LogP contribution in [0.1, 0.15) is 24.0 Å². The van der Waals surface area contributed by atoms with Crippen LogP contribution in [0, 0.1) is 6.92 Å². The van der Waals surface area contributed by atoms with E-state index in [0.29, 0.717) is 41.8 Å². The van der Waals surface area contributed by atoms with E-state index in [0.717, 1.165) is 17.3 Å². The molecule has 1 unspecified atom stereocenters. The van der Waals surface area contributed by atoms with E-state index in [1.807, 2.05) is 13.0 Å². The van der Waals surface area contributed by atoms with Gasteiger partial charge in [-0.25, -0.2) is 13.4 Å². The van der Waals surface area contributed by atoms with Crippen LogP contribution in [0.3, 0.4) is 0 Å². The predicted octanol–water partition coefficient (Wildman–Crippen LogP) is 1.84. The fraction of sp³-hybridized carbons (Fsp3) is 0.429. The number of sulfone groups is 1. The van der Waals surface area contributed by atoms with Crippen molar-refractivity contribution in [1.29, 1.82) is 0 Å². The van der Waals surface area contributed by atoms with Crippen LogP contribution in [0.5, 0.6) is 0 Å². The average Bonchev–Trinajstić information content (AvgIpc) is 3.25. The van der Waals surface area contributed by atoms with Crippen molar-refractivity contribution in [2.45, 2.75) is 25.8 Å². The number of aryl methyl sites for hydroxylation is 1. The molecule has 33 heavy (non-hydrogen) atoms. The summed E-state index contributed by atoms with van der Waals surface area (Å²) in [6, 6.07) is 3.16. The number of thioether (sulfide) groups is 1. The second-order valence-corrected chi connectivity index (χ2v) is 11.9. The van der Waals surface area contributed by atoms with Crippen LogP contribution in [0.2, 0.25) is 0 Å². The molecule has 2 aliphatic heterocycles. The highest BCUT2D eigenvalue weighted by Gasteiger charge is 2.42. The number of amides is 1. The van der Waals surface area contributed by atoms with Gasteiger partial charge in [-0.05, 0) is 37.5 Å². The number of nitrogens with one attached hydrogen (secondary N) is 1. The van der Waals surface area contributed by atoms with Crippen LogP contribution < -0.4 is 10.9 Å². The molecule has 2 saturated heterocycles. The Labute approximate surface area is 201 Å². The molecule has 4 rings (SSSR count). The topological polar surface area (TPSA) is 110 Å². The molecule has 0 bridgehead atoms. The van der Waals surface area contributed by atoms with Gasteiger partial charge in [0, 0.05) is 26.5 Å². The van der Waals surface area contributed by atoms with Gasteiger partial charge in [0.05, 0.1) is 28.0 Å². The Kier molecular flexibility index (Phi) is 6.89. The zero-order chi connectivity index (χ0) is 23.8. The van der Waals surface area contributed by atoms with Crippen molar-refractivity contribution in [3.05, 3.63) is 44.7 Å². The van der Waals surface area contributed by atoms with Gasteiger partial charge in [-0.15, -0.1) is 0 Å². The number of carbonyl (C=O) groups is 1. The Bertz CT molecular complexity index is 1320. The summed E-state index contributed by atoms with van der Waals surface area (Å²) in [5.74, 6) is -0.0674. The normalized spacial score (nSPS) is 21.5. The Morgan fingerprint density at radius 2 is 2.18 bits per heavy atom. The molecule has 1 amide bonds. The summed E-state index contributed by atoms with van der Waals surface area (Å²) in [6.45, 7) is 2.96. The van der Waals surface area contributed by atoms with Gasteiger partial charge >= 0.3 is 0 Å². The molecule has 0 saturated carbocycles. The first-order valence-electron chi connectivity index (χ1n) is 10.4. The van der Waals surface area contributed by atoms with E-state index < -0.39 is 15.9 Å². The zero-order valence-corrected chi connectivity index (χ0v) is 20.7. The summed E-state index contributed by atoms with van der Waals surface area (Å²) < 4.78 is 30.6. The lowest BCUT2D eigenvalue weighted by Crippen LogP contribution is -2.39. The third kappa shape index (κ3) is 4.84. The lowest BCUT2D eigenvalue weighted by Gasteiger charge is -2.20. The third-order valence-corrected chi connectivity index (χ3v) is 8.66. The second-order valence-electron chi connectivity index (χ2n) is 7.95. The number of methoxy groups -OCH3 is 1. The monoisotopic (exact) mass is 508 g/mol. The van der Waals surface area contributed by atoms with Crippen molar-refractivity contribution in [3.63, 3.8) is 0 Å². The van der Waals surface area contributed by atoms with E-state index in [1.165, 1.54) is 15.4 Å². The van der Waals surface area contributed by atoms with Gasteiger partial charge in [0.15, 0.2) is 9.84 Å². The minimum atomic E-state index is -3.18. The van der Waals surface area contributed by atoms with Gasteiger partial charge in [-0.2, -0.15) is 0 Å². The van der Waals surface area contributed by atoms with E-state index in [9.17, 15) is 18.0 Å². The standard InChI is InChI=1S/C21H24N4O5S3/c1-13-5-3-8-24-18(13)23-17(22-7-4-9-30-2)15(19(24)26)11-16-20(27)25(21(31)32-16)14-6-10-33(28,29)12-14/h3,5,8,11,14,22H,4,6-7,9-10,12H2,1-2H3. The van der Waals surface area contributed by atoms with Gasteiger partial charge in [-0.3, -0.25) is 18.9 Å². The first kappa shape index (κ1) is 23.9. The lowest BCUT2D eigenvalue weighted by atomic mass is 10.2. The maximum atomic E-state index is 13.4. The number of nitrogens with zero attached hydrogens (tertiary/aromatic N) is 3. The van der Waals surface area contributed by atoms with Gasteiger partial charge < -0.3 is 10.1 Å². The first-order valence-corrected chi connectivity index (χ1v) is 13.5. The number of aromatic nitrogens is 2. The maximum absolute atomic E-state index is 13.4. The predicted molar refractivity (Wildman–Crippen MR) is 133 cm³/mol. The third-order valence-electron chi connectivity index (χ3n) is 5.57. The Morgan fingerprint density at radius 1 is 1.39 bits per heavy atom. The highest BCUT2D eigenvalue weighted by Crippen LogP contribution is 2.36. The molecule has 2 aromatic rings. The molecular weight excluding hydrogens is 484 g/mol. The van der Waals surface area contributed by atoms with Gasteiger partial charge in [0.2, 0.25) is 0 Å². The van der Waals surface area contributed by atoms with Crippen molar-refractivity contribution in [3.8, 4) is 0 Å². The molecule has 0 spiro atoms. The minimum absolute atomic E-state index is 0.0403. The molecule has 2 fully saturated rings. The van der Waals surface area contributed by atoms with E-state index in [2.05, 4.69) is 10.3 Å². The van der Waals surface area contributed by atoms with Gasteiger partial charge in [0.1, 0.15) is 15.8 Å². The lowest BCUT2D eigenvalue weighted by molar-refractivity contribution is -0.123. The van der Waals surface area contributed by atoms with Crippen LogP contribution in [-0.2, 0) is 19.4 Å². The molecule has 0 radical (unpaired) electrons. The molecule has 2 aliphatic rings. The van der Waals surface area contributed by atoms with Crippen molar-refractivity contribution >= 4 is 61.6 Å². The summed E-state index contributed by atoms with van der Waals surface area (Å²) in [6.07, 6.45) is 4.21. The van der Waals surface area contributed by atoms with Crippen molar-refractivity contribution < 1.29 is 17.9 Å².